The molecule has 0 N–H and O–H groups in total. The number of methoxy groups -OCH3 is 1. The van der Waals surface area contributed by atoms with Gasteiger partial charge in [-0.15, -0.1) is 0 Å². The minimum atomic E-state index is -0.526. The Morgan fingerprint density at radius 2 is 2.09 bits per heavy atom. The molecule has 1 amide bonds. The Morgan fingerprint density at radius 3 is 2.74 bits per heavy atom. The number of amides is 1. The van der Waals surface area contributed by atoms with Crippen LogP contribution in [-0.4, -0.2) is 34.9 Å². The van der Waals surface area contributed by atoms with Gasteiger partial charge < -0.3 is 14.1 Å². The van der Waals surface area contributed by atoms with Gasteiger partial charge in [-0.3, -0.25) is 4.79 Å². The highest BCUT2D eigenvalue weighted by Crippen LogP contribution is 2.25. The van der Waals surface area contributed by atoms with E-state index in [1.165, 1.54) is 19.8 Å². The zero-order chi connectivity index (χ0) is 16.7. The molecule has 0 spiro atoms. The first-order chi connectivity index (χ1) is 11.2. The summed E-state index contributed by atoms with van der Waals surface area (Å²) in [6, 6.07) is 0.251. The van der Waals surface area contributed by atoms with Crippen LogP contribution in [0.3, 0.4) is 0 Å². The molecule has 1 aliphatic rings. The van der Waals surface area contributed by atoms with Crippen molar-refractivity contribution in [3.05, 3.63) is 17.8 Å². The topological polar surface area (TPSA) is 72.6 Å². The van der Waals surface area contributed by atoms with Crippen LogP contribution in [-0.2, 0) is 16.1 Å². The molecule has 0 saturated heterocycles. The summed E-state index contributed by atoms with van der Waals surface area (Å²) in [5.41, 5.74) is 0.145. The van der Waals surface area contributed by atoms with Gasteiger partial charge in [0.1, 0.15) is 6.26 Å². The van der Waals surface area contributed by atoms with Crippen molar-refractivity contribution in [3.63, 3.8) is 0 Å². The molecular formula is C17H26N2O4. The Morgan fingerprint density at radius 1 is 1.35 bits per heavy atom. The molecule has 1 saturated carbocycles. The van der Waals surface area contributed by atoms with Crippen LogP contribution < -0.4 is 0 Å². The smallest absolute Gasteiger partial charge is 0.360 e. The average molecular weight is 322 g/mol. The van der Waals surface area contributed by atoms with Crippen LogP contribution >= 0.6 is 0 Å². The second kappa shape index (κ2) is 8.70. The lowest BCUT2D eigenvalue weighted by Gasteiger charge is -2.33. The number of aromatic nitrogens is 1. The number of carbonyl (C=O) groups is 2. The molecule has 0 aliphatic heterocycles. The number of nitrogens with zero attached hydrogens (tertiary/aromatic N) is 2. The largest absolute Gasteiger partial charge is 0.464 e. The van der Waals surface area contributed by atoms with Crippen molar-refractivity contribution in [2.75, 3.05) is 7.11 Å². The van der Waals surface area contributed by atoms with Gasteiger partial charge in [0.15, 0.2) is 5.69 Å². The lowest BCUT2D eigenvalue weighted by molar-refractivity contribution is -0.135. The molecule has 6 heteroatoms. The number of hydrogen-bond donors (Lipinski definition) is 0. The summed E-state index contributed by atoms with van der Waals surface area (Å²) in [6.45, 7) is 2.40. The van der Waals surface area contributed by atoms with Crippen molar-refractivity contribution >= 4 is 11.9 Å². The van der Waals surface area contributed by atoms with E-state index in [0.717, 1.165) is 38.5 Å². The van der Waals surface area contributed by atoms with Crippen molar-refractivity contribution in [3.8, 4) is 0 Å². The first-order valence-corrected chi connectivity index (χ1v) is 8.48. The van der Waals surface area contributed by atoms with Crippen LogP contribution in [0.2, 0.25) is 0 Å². The molecule has 0 aromatic carbocycles. The summed E-state index contributed by atoms with van der Waals surface area (Å²) in [7, 11) is 1.30. The Bertz CT molecular complexity index is 520. The highest BCUT2D eigenvalue weighted by Gasteiger charge is 2.27. The molecule has 128 valence electrons. The standard InChI is InChI=1S/C17H26N2O4/c1-3-4-10-16(20)19(13-8-6-5-7-9-13)11-15-18-14(12-23-15)17(21)22-2/h12-13H,3-11H2,1-2H3. The van der Waals surface area contributed by atoms with Gasteiger partial charge in [-0.05, 0) is 19.3 Å². The fourth-order valence-electron chi connectivity index (χ4n) is 3.01. The zero-order valence-electron chi connectivity index (χ0n) is 14.0. The van der Waals surface area contributed by atoms with Crippen LogP contribution in [0.5, 0.6) is 0 Å². The first-order valence-electron chi connectivity index (χ1n) is 8.48. The van der Waals surface area contributed by atoms with Gasteiger partial charge in [0.25, 0.3) is 0 Å². The first kappa shape index (κ1) is 17.5. The second-order valence-electron chi connectivity index (χ2n) is 6.04. The quantitative estimate of drug-likeness (QED) is 0.720. The van der Waals surface area contributed by atoms with E-state index in [1.54, 1.807) is 0 Å². The summed E-state index contributed by atoms with van der Waals surface area (Å²) in [6.07, 6.45) is 9.33. The molecule has 1 aromatic heterocycles. The molecule has 0 atom stereocenters. The van der Waals surface area contributed by atoms with Crippen molar-refractivity contribution in [2.45, 2.75) is 70.9 Å². The molecule has 6 nitrogen and oxygen atoms in total. The average Bonchev–Trinajstić information content (AvgIpc) is 3.06. The van der Waals surface area contributed by atoms with E-state index in [4.69, 9.17) is 4.42 Å². The fraction of sp³-hybridized carbons (Fsp3) is 0.706. The van der Waals surface area contributed by atoms with Crippen LogP contribution in [0.25, 0.3) is 0 Å². The molecule has 1 heterocycles. The van der Waals surface area contributed by atoms with E-state index in [1.807, 2.05) is 4.90 Å². The number of oxazole rings is 1. The zero-order valence-corrected chi connectivity index (χ0v) is 14.0. The Labute approximate surface area is 137 Å². The SMILES string of the molecule is CCCCC(=O)N(Cc1nc(C(=O)OC)co1)C1CCCCC1. The lowest BCUT2D eigenvalue weighted by Crippen LogP contribution is -2.41. The molecule has 1 aromatic rings. The maximum atomic E-state index is 12.6. The van der Waals surface area contributed by atoms with Crippen molar-refractivity contribution in [1.82, 2.24) is 9.88 Å². The van der Waals surface area contributed by atoms with E-state index in [9.17, 15) is 9.59 Å². The summed E-state index contributed by atoms with van der Waals surface area (Å²) in [4.78, 5) is 30.1. The minimum absolute atomic E-state index is 0.145. The van der Waals surface area contributed by atoms with Gasteiger partial charge in [-0.1, -0.05) is 32.6 Å². The van der Waals surface area contributed by atoms with Crippen molar-refractivity contribution < 1.29 is 18.7 Å². The highest BCUT2D eigenvalue weighted by molar-refractivity contribution is 5.86. The second-order valence-corrected chi connectivity index (χ2v) is 6.04. The van der Waals surface area contributed by atoms with Crippen LogP contribution in [0, 0.1) is 0 Å². The predicted octanol–water partition coefficient (Wildman–Crippen LogP) is 3.31. The highest BCUT2D eigenvalue weighted by atomic mass is 16.5. The fourth-order valence-corrected chi connectivity index (χ4v) is 3.01. The Hall–Kier alpha value is -1.85. The third kappa shape index (κ3) is 4.81. The van der Waals surface area contributed by atoms with E-state index in [0.29, 0.717) is 18.9 Å². The molecule has 0 radical (unpaired) electrons. The number of carbonyl (C=O) groups excluding carboxylic acids is 2. The number of ether oxygens (including phenoxy) is 1. The summed E-state index contributed by atoms with van der Waals surface area (Å²) in [5.74, 6) is 0.0129. The maximum absolute atomic E-state index is 12.6. The number of unbranched alkanes of at least 4 members (excludes halogenated alkanes) is 1. The third-order valence-electron chi connectivity index (χ3n) is 4.33. The van der Waals surface area contributed by atoms with Gasteiger partial charge in [-0.25, -0.2) is 9.78 Å². The van der Waals surface area contributed by atoms with Gasteiger partial charge in [0, 0.05) is 12.5 Å². The van der Waals surface area contributed by atoms with Crippen molar-refractivity contribution in [2.24, 2.45) is 0 Å². The van der Waals surface area contributed by atoms with Crippen LogP contribution in [0.15, 0.2) is 10.7 Å². The molecule has 0 bridgehead atoms. The monoisotopic (exact) mass is 322 g/mol. The normalized spacial score (nSPS) is 15.4. The summed E-state index contributed by atoms with van der Waals surface area (Å²) in [5, 5.41) is 0. The molecule has 2 rings (SSSR count). The lowest BCUT2D eigenvalue weighted by atomic mass is 9.94. The van der Waals surface area contributed by atoms with Crippen LogP contribution in [0.1, 0.15) is 74.7 Å². The van der Waals surface area contributed by atoms with Gasteiger partial charge >= 0.3 is 5.97 Å². The third-order valence-corrected chi connectivity index (χ3v) is 4.33. The van der Waals surface area contributed by atoms with E-state index < -0.39 is 5.97 Å². The predicted molar refractivity (Wildman–Crippen MR) is 84.8 cm³/mol. The number of rotatable bonds is 7. The van der Waals surface area contributed by atoms with Gasteiger partial charge in [-0.2, -0.15) is 0 Å². The summed E-state index contributed by atoms with van der Waals surface area (Å²) >= 11 is 0. The molecular weight excluding hydrogens is 296 g/mol. The molecule has 23 heavy (non-hydrogen) atoms. The van der Waals surface area contributed by atoms with E-state index >= 15 is 0 Å². The number of esters is 1. The Kier molecular flexibility index (Phi) is 6.62. The van der Waals surface area contributed by atoms with Crippen LogP contribution in [0.4, 0.5) is 0 Å². The maximum Gasteiger partial charge on any atom is 0.360 e. The summed E-state index contributed by atoms with van der Waals surface area (Å²) < 4.78 is 9.99. The van der Waals surface area contributed by atoms with Gasteiger partial charge in [0.2, 0.25) is 11.8 Å². The van der Waals surface area contributed by atoms with Gasteiger partial charge in [0.05, 0.1) is 13.7 Å². The number of hydrogen-bond acceptors (Lipinski definition) is 5. The molecule has 1 aliphatic carbocycles. The minimum Gasteiger partial charge on any atom is -0.464 e. The molecule has 1 fully saturated rings. The molecule has 0 unspecified atom stereocenters. The van der Waals surface area contributed by atoms with E-state index in [-0.39, 0.29) is 17.6 Å². The Balaban J connectivity index is 2.08. The van der Waals surface area contributed by atoms with E-state index in [2.05, 4.69) is 16.6 Å². The van der Waals surface area contributed by atoms with Crippen molar-refractivity contribution in [1.29, 1.82) is 0 Å².